The Labute approximate surface area is 125 Å². The zero-order valence-electron chi connectivity index (χ0n) is 9.63. The molecule has 0 radical (unpaired) electrons. The van der Waals surface area contributed by atoms with Crippen molar-refractivity contribution in [2.45, 2.75) is 11.3 Å². The van der Waals surface area contributed by atoms with Crippen LogP contribution in [0, 0.1) is 0 Å². The standard InChI is InChI=1S/C10H13BrCl2N2O2S/c1-14-3-2-4-15-18(16,17)10-8(12)5-7(11)6-9(10)13/h5-6,14-15H,2-4H2,1H3. The van der Waals surface area contributed by atoms with Crippen molar-refractivity contribution in [3.05, 3.63) is 26.7 Å². The van der Waals surface area contributed by atoms with Crippen molar-refractivity contribution in [2.24, 2.45) is 0 Å². The Morgan fingerprint density at radius 1 is 1.22 bits per heavy atom. The van der Waals surface area contributed by atoms with Crippen molar-refractivity contribution in [3.8, 4) is 0 Å². The monoisotopic (exact) mass is 374 g/mol. The molecular formula is C10H13BrCl2N2O2S. The first kappa shape index (κ1) is 16.2. The third kappa shape index (κ3) is 4.36. The van der Waals surface area contributed by atoms with Crippen molar-refractivity contribution >= 4 is 49.2 Å². The summed E-state index contributed by atoms with van der Waals surface area (Å²) in [6.07, 6.45) is 0.682. The third-order valence-corrected chi connectivity index (χ3v) is 4.97. The predicted octanol–water partition coefficient (Wildman–Crippen LogP) is 2.64. The molecule has 0 aromatic heterocycles. The highest BCUT2D eigenvalue weighted by Gasteiger charge is 2.21. The molecule has 2 N–H and O–H groups in total. The second-order valence-electron chi connectivity index (χ2n) is 3.55. The summed E-state index contributed by atoms with van der Waals surface area (Å²) in [4.78, 5) is -0.0847. The van der Waals surface area contributed by atoms with E-state index in [0.29, 0.717) is 17.4 Å². The Hall–Kier alpha value is 0.150. The van der Waals surface area contributed by atoms with E-state index in [4.69, 9.17) is 23.2 Å². The number of halogens is 3. The smallest absolute Gasteiger partial charge is 0.243 e. The summed E-state index contributed by atoms with van der Waals surface area (Å²) in [5.41, 5.74) is 0. The zero-order valence-corrected chi connectivity index (χ0v) is 13.5. The molecule has 102 valence electrons. The van der Waals surface area contributed by atoms with Crippen LogP contribution in [0.4, 0.5) is 0 Å². The number of nitrogens with one attached hydrogen (secondary N) is 2. The van der Waals surface area contributed by atoms with Crippen molar-refractivity contribution in [3.63, 3.8) is 0 Å². The van der Waals surface area contributed by atoms with Gasteiger partial charge in [0.2, 0.25) is 10.0 Å². The van der Waals surface area contributed by atoms with E-state index >= 15 is 0 Å². The zero-order chi connectivity index (χ0) is 13.8. The fourth-order valence-corrected chi connectivity index (χ4v) is 4.34. The van der Waals surface area contributed by atoms with Gasteiger partial charge in [-0.2, -0.15) is 0 Å². The van der Waals surface area contributed by atoms with Crippen LogP contribution in [0.5, 0.6) is 0 Å². The summed E-state index contributed by atoms with van der Waals surface area (Å²) in [6, 6.07) is 2.99. The van der Waals surface area contributed by atoms with Gasteiger partial charge in [-0.05, 0) is 32.1 Å². The summed E-state index contributed by atoms with van der Waals surface area (Å²) in [5.74, 6) is 0. The molecule has 0 aliphatic rings. The molecule has 0 heterocycles. The van der Waals surface area contributed by atoms with E-state index in [9.17, 15) is 8.42 Å². The molecule has 1 aromatic carbocycles. The topological polar surface area (TPSA) is 58.2 Å². The lowest BCUT2D eigenvalue weighted by atomic mass is 10.4. The predicted molar refractivity (Wildman–Crippen MR) is 77.9 cm³/mol. The van der Waals surface area contributed by atoms with Crippen LogP contribution < -0.4 is 10.0 Å². The minimum Gasteiger partial charge on any atom is -0.320 e. The molecule has 0 unspecified atom stereocenters. The SMILES string of the molecule is CNCCCNS(=O)(=O)c1c(Cl)cc(Br)cc1Cl. The number of hydrogen-bond donors (Lipinski definition) is 2. The van der Waals surface area contributed by atoms with Gasteiger partial charge in [-0.1, -0.05) is 39.1 Å². The van der Waals surface area contributed by atoms with E-state index < -0.39 is 10.0 Å². The van der Waals surface area contributed by atoms with Crippen LogP contribution >= 0.6 is 39.1 Å². The molecule has 1 rings (SSSR count). The average molecular weight is 376 g/mol. The van der Waals surface area contributed by atoms with Gasteiger partial charge in [-0.25, -0.2) is 13.1 Å². The van der Waals surface area contributed by atoms with Gasteiger partial charge in [0, 0.05) is 11.0 Å². The van der Waals surface area contributed by atoms with E-state index in [0.717, 1.165) is 6.54 Å². The molecule has 0 saturated heterocycles. The highest BCUT2D eigenvalue weighted by atomic mass is 79.9. The molecule has 4 nitrogen and oxygen atoms in total. The normalized spacial score (nSPS) is 11.8. The van der Waals surface area contributed by atoms with E-state index in [1.807, 2.05) is 0 Å². The van der Waals surface area contributed by atoms with Crippen LogP contribution in [0.1, 0.15) is 6.42 Å². The minimum atomic E-state index is -3.68. The second-order valence-corrected chi connectivity index (χ2v) is 6.99. The van der Waals surface area contributed by atoms with Gasteiger partial charge in [0.25, 0.3) is 0 Å². The van der Waals surface area contributed by atoms with Crippen LogP contribution in [0.15, 0.2) is 21.5 Å². The second kappa shape index (κ2) is 7.07. The van der Waals surface area contributed by atoms with E-state index in [1.54, 1.807) is 7.05 Å². The first-order valence-corrected chi connectivity index (χ1v) is 8.20. The van der Waals surface area contributed by atoms with Crippen LogP contribution in [-0.4, -0.2) is 28.6 Å². The molecule has 0 fully saturated rings. The molecule has 18 heavy (non-hydrogen) atoms. The van der Waals surface area contributed by atoms with E-state index in [1.165, 1.54) is 12.1 Å². The average Bonchev–Trinajstić information content (AvgIpc) is 2.22. The lowest BCUT2D eigenvalue weighted by molar-refractivity contribution is 0.577. The largest absolute Gasteiger partial charge is 0.320 e. The lowest BCUT2D eigenvalue weighted by Crippen LogP contribution is -2.27. The molecule has 0 amide bonds. The summed E-state index contributed by atoms with van der Waals surface area (Å²) >= 11 is 15.0. The maximum absolute atomic E-state index is 12.0. The number of hydrogen-bond acceptors (Lipinski definition) is 3. The van der Waals surface area contributed by atoms with Gasteiger partial charge in [0.05, 0.1) is 10.0 Å². The fourth-order valence-electron chi connectivity index (χ4n) is 1.33. The lowest BCUT2D eigenvalue weighted by Gasteiger charge is -2.10. The van der Waals surface area contributed by atoms with E-state index in [-0.39, 0.29) is 14.9 Å². The Bertz CT molecular complexity index is 500. The Morgan fingerprint density at radius 2 is 1.78 bits per heavy atom. The fraction of sp³-hybridized carbons (Fsp3) is 0.400. The molecule has 0 saturated carbocycles. The Balaban J connectivity index is 2.92. The molecular weight excluding hydrogens is 363 g/mol. The number of benzene rings is 1. The summed E-state index contributed by atoms with van der Waals surface area (Å²) in [5, 5.41) is 3.12. The summed E-state index contributed by atoms with van der Waals surface area (Å²) < 4.78 is 27.2. The number of sulfonamides is 1. The van der Waals surface area contributed by atoms with Crippen molar-refractivity contribution in [1.29, 1.82) is 0 Å². The molecule has 0 aliphatic heterocycles. The van der Waals surface area contributed by atoms with Gasteiger partial charge < -0.3 is 5.32 Å². The van der Waals surface area contributed by atoms with E-state index in [2.05, 4.69) is 26.0 Å². The molecule has 1 aromatic rings. The Kier molecular flexibility index (Phi) is 6.37. The molecule has 0 atom stereocenters. The molecule has 0 bridgehead atoms. The third-order valence-electron chi connectivity index (χ3n) is 2.13. The maximum atomic E-state index is 12.0. The summed E-state index contributed by atoms with van der Waals surface area (Å²) in [7, 11) is -1.88. The maximum Gasteiger partial charge on any atom is 0.243 e. The van der Waals surface area contributed by atoms with Crippen LogP contribution in [-0.2, 0) is 10.0 Å². The highest BCUT2D eigenvalue weighted by Crippen LogP contribution is 2.32. The van der Waals surface area contributed by atoms with Gasteiger partial charge in [-0.15, -0.1) is 0 Å². The quantitative estimate of drug-likeness (QED) is 0.751. The minimum absolute atomic E-state index is 0.0847. The first-order chi connectivity index (χ1) is 8.38. The van der Waals surface area contributed by atoms with Crippen molar-refractivity contribution in [1.82, 2.24) is 10.0 Å². The van der Waals surface area contributed by atoms with Gasteiger partial charge >= 0.3 is 0 Å². The van der Waals surface area contributed by atoms with Crippen LogP contribution in [0.2, 0.25) is 10.0 Å². The van der Waals surface area contributed by atoms with Crippen LogP contribution in [0.25, 0.3) is 0 Å². The Morgan fingerprint density at radius 3 is 2.28 bits per heavy atom. The van der Waals surface area contributed by atoms with Crippen LogP contribution in [0.3, 0.4) is 0 Å². The molecule has 8 heteroatoms. The van der Waals surface area contributed by atoms with Gasteiger partial charge in [0.1, 0.15) is 4.90 Å². The first-order valence-electron chi connectivity index (χ1n) is 5.17. The molecule has 0 aliphatic carbocycles. The van der Waals surface area contributed by atoms with Gasteiger partial charge in [-0.3, -0.25) is 0 Å². The number of rotatable bonds is 6. The van der Waals surface area contributed by atoms with Gasteiger partial charge in [0.15, 0.2) is 0 Å². The van der Waals surface area contributed by atoms with Crippen molar-refractivity contribution in [2.75, 3.05) is 20.1 Å². The summed E-state index contributed by atoms with van der Waals surface area (Å²) in [6.45, 7) is 1.05. The molecule has 0 spiro atoms. The highest BCUT2D eigenvalue weighted by molar-refractivity contribution is 9.10. The van der Waals surface area contributed by atoms with Crippen molar-refractivity contribution < 1.29 is 8.42 Å².